The normalized spacial score (nSPS) is 26.5. The van der Waals surface area contributed by atoms with E-state index in [-0.39, 0.29) is 23.8 Å². The van der Waals surface area contributed by atoms with Crippen LogP contribution in [0.4, 0.5) is 0 Å². The van der Waals surface area contributed by atoms with Crippen LogP contribution in [0.2, 0.25) is 5.02 Å². The number of piperazine rings is 1. The molecule has 0 spiro atoms. The predicted molar refractivity (Wildman–Crippen MR) is 115 cm³/mol. The second kappa shape index (κ2) is 8.96. The Morgan fingerprint density at radius 2 is 1.73 bits per heavy atom. The Morgan fingerprint density at radius 1 is 1.03 bits per heavy atom. The topological polar surface area (TPSA) is 60.9 Å². The smallest absolute Gasteiger partial charge is 0.254 e. The number of amides is 3. The minimum absolute atomic E-state index is 0.0309. The van der Waals surface area contributed by atoms with Gasteiger partial charge in [0, 0.05) is 49.2 Å². The summed E-state index contributed by atoms with van der Waals surface area (Å²) in [5.41, 5.74) is 0.546. The largest absolute Gasteiger partial charge is 0.339 e. The van der Waals surface area contributed by atoms with E-state index in [4.69, 9.17) is 11.6 Å². The van der Waals surface area contributed by atoms with Gasteiger partial charge in [-0.1, -0.05) is 37.4 Å². The molecule has 0 aromatic heterocycles. The molecule has 0 bridgehead atoms. The van der Waals surface area contributed by atoms with Crippen LogP contribution in [0.1, 0.15) is 55.8 Å². The number of rotatable bonds is 3. The lowest BCUT2D eigenvalue weighted by Crippen LogP contribution is -2.56. The SMILES string of the molecule is CCC(=O)N1CCN(C(=O)C2CC3CCCCC3N2C(=O)c2cccc(Cl)c2)CC1. The van der Waals surface area contributed by atoms with Gasteiger partial charge < -0.3 is 14.7 Å². The van der Waals surface area contributed by atoms with E-state index in [0.717, 1.165) is 25.7 Å². The molecule has 162 valence electrons. The van der Waals surface area contributed by atoms with Crippen molar-refractivity contribution in [3.8, 4) is 0 Å². The van der Waals surface area contributed by atoms with Gasteiger partial charge in [0.05, 0.1) is 0 Å². The molecule has 3 atom stereocenters. The van der Waals surface area contributed by atoms with Gasteiger partial charge in [0.25, 0.3) is 5.91 Å². The molecule has 3 fully saturated rings. The Kier molecular flexibility index (Phi) is 6.32. The Balaban J connectivity index is 1.53. The lowest BCUT2D eigenvalue weighted by Gasteiger charge is -2.38. The van der Waals surface area contributed by atoms with Gasteiger partial charge in [-0.15, -0.1) is 0 Å². The molecule has 3 unspecified atom stereocenters. The van der Waals surface area contributed by atoms with Crippen LogP contribution in [0.5, 0.6) is 0 Å². The van der Waals surface area contributed by atoms with Gasteiger partial charge in [0.1, 0.15) is 6.04 Å². The lowest BCUT2D eigenvalue weighted by atomic mass is 9.84. The van der Waals surface area contributed by atoms with Crippen molar-refractivity contribution in [3.05, 3.63) is 34.9 Å². The Bertz CT molecular complexity index is 822. The molecule has 2 saturated heterocycles. The summed E-state index contributed by atoms with van der Waals surface area (Å²) in [6.45, 7) is 4.07. The first-order valence-electron chi connectivity index (χ1n) is 11.1. The van der Waals surface area contributed by atoms with Crippen molar-refractivity contribution in [2.75, 3.05) is 26.2 Å². The van der Waals surface area contributed by atoms with Crippen LogP contribution in [0.15, 0.2) is 24.3 Å². The van der Waals surface area contributed by atoms with Crippen molar-refractivity contribution < 1.29 is 14.4 Å². The fourth-order valence-electron chi connectivity index (χ4n) is 5.35. The van der Waals surface area contributed by atoms with Gasteiger partial charge >= 0.3 is 0 Å². The fraction of sp³-hybridized carbons (Fsp3) is 0.609. The molecule has 1 saturated carbocycles. The molecule has 1 aliphatic carbocycles. The summed E-state index contributed by atoms with van der Waals surface area (Å²) < 4.78 is 0. The van der Waals surface area contributed by atoms with Gasteiger partial charge in [0.2, 0.25) is 11.8 Å². The zero-order valence-electron chi connectivity index (χ0n) is 17.6. The van der Waals surface area contributed by atoms with E-state index >= 15 is 0 Å². The molecule has 4 rings (SSSR count). The maximum absolute atomic E-state index is 13.5. The summed E-state index contributed by atoms with van der Waals surface area (Å²) in [6, 6.07) is 6.72. The number of hydrogen-bond donors (Lipinski definition) is 0. The third kappa shape index (κ3) is 4.07. The summed E-state index contributed by atoms with van der Waals surface area (Å²) >= 11 is 6.13. The highest BCUT2D eigenvalue weighted by Gasteiger charge is 2.48. The Hall–Kier alpha value is -2.08. The first-order chi connectivity index (χ1) is 14.5. The van der Waals surface area contributed by atoms with Gasteiger partial charge in [-0.3, -0.25) is 14.4 Å². The zero-order valence-corrected chi connectivity index (χ0v) is 18.3. The molecule has 0 N–H and O–H groups in total. The number of carbonyl (C=O) groups is 3. The van der Waals surface area contributed by atoms with E-state index < -0.39 is 6.04 Å². The van der Waals surface area contributed by atoms with E-state index in [1.54, 1.807) is 24.3 Å². The number of halogens is 1. The summed E-state index contributed by atoms with van der Waals surface area (Å²) in [4.78, 5) is 44.5. The highest BCUT2D eigenvalue weighted by atomic mass is 35.5. The second-order valence-electron chi connectivity index (χ2n) is 8.65. The highest BCUT2D eigenvalue weighted by molar-refractivity contribution is 6.31. The first kappa shape index (κ1) is 21.2. The summed E-state index contributed by atoms with van der Waals surface area (Å²) in [6.07, 6.45) is 5.52. The quantitative estimate of drug-likeness (QED) is 0.738. The Labute approximate surface area is 183 Å². The first-order valence-corrected chi connectivity index (χ1v) is 11.5. The standard InChI is InChI=1S/C23H30ClN3O3/c1-2-21(28)25-10-12-26(13-11-25)23(30)20-15-16-6-3-4-9-19(16)27(20)22(29)17-7-5-8-18(24)14-17/h5,7-8,14,16,19-20H,2-4,6,9-13,15H2,1H3. The fourth-order valence-corrected chi connectivity index (χ4v) is 5.54. The molecule has 3 aliphatic rings. The predicted octanol–water partition coefficient (Wildman–Crippen LogP) is 3.19. The van der Waals surface area contributed by atoms with Crippen molar-refractivity contribution in [1.82, 2.24) is 14.7 Å². The number of nitrogens with zero attached hydrogens (tertiary/aromatic N) is 3. The van der Waals surface area contributed by atoms with E-state index in [2.05, 4.69) is 0 Å². The molecular weight excluding hydrogens is 402 g/mol. The molecule has 2 aliphatic heterocycles. The number of hydrogen-bond acceptors (Lipinski definition) is 3. The van der Waals surface area contributed by atoms with Crippen molar-refractivity contribution in [3.63, 3.8) is 0 Å². The zero-order chi connectivity index (χ0) is 21.3. The third-order valence-corrected chi connectivity index (χ3v) is 7.16. The van der Waals surface area contributed by atoms with Gasteiger partial charge in [-0.05, 0) is 43.4 Å². The molecule has 2 heterocycles. The molecule has 0 radical (unpaired) electrons. The molecule has 3 amide bonds. The van der Waals surface area contributed by atoms with Gasteiger partial charge in [-0.25, -0.2) is 0 Å². The van der Waals surface area contributed by atoms with Crippen molar-refractivity contribution in [2.24, 2.45) is 5.92 Å². The van der Waals surface area contributed by atoms with Crippen molar-refractivity contribution in [1.29, 1.82) is 0 Å². The van der Waals surface area contributed by atoms with Crippen molar-refractivity contribution in [2.45, 2.75) is 57.5 Å². The third-order valence-electron chi connectivity index (χ3n) is 6.93. The Morgan fingerprint density at radius 3 is 2.43 bits per heavy atom. The van der Waals surface area contributed by atoms with Crippen LogP contribution in [-0.2, 0) is 9.59 Å². The monoisotopic (exact) mass is 431 g/mol. The lowest BCUT2D eigenvalue weighted by molar-refractivity contribution is -0.142. The molecule has 7 heteroatoms. The molecule has 1 aromatic carbocycles. The van der Waals surface area contributed by atoms with Crippen molar-refractivity contribution >= 4 is 29.3 Å². The number of likely N-dealkylation sites (tertiary alicyclic amines) is 1. The molecule has 1 aromatic rings. The minimum Gasteiger partial charge on any atom is -0.339 e. The molecule has 30 heavy (non-hydrogen) atoms. The summed E-state index contributed by atoms with van der Waals surface area (Å²) in [5.74, 6) is 0.457. The number of carbonyl (C=O) groups excluding carboxylic acids is 3. The van der Waals surface area contributed by atoms with E-state index in [1.165, 1.54) is 6.42 Å². The van der Waals surface area contributed by atoms with Gasteiger partial charge in [0.15, 0.2) is 0 Å². The van der Waals surface area contributed by atoms with Crippen LogP contribution in [0.3, 0.4) is 0 Å². The van der Waals surface area contributed by atoms with E-state index in [0.29, 0.717) is 49.1 Å². The van der Waals surface area contributed by atoms with E-state index in [1.807, 2.05) is 21.6 Å². The minimum atomic E-state index is -0.419. The summed E-state index contributed by atoms with van der Waals surface area (Å²) in [7, 11) is 0. The molecule has 6 nitrogen and oxygen atoms in total. The second-order valence-corrected chi connectivity index (χ2v) is 9.08. The summed E-state index contributed by atoms with van der Waals surface area (Å²) in [5, 5.41) is 0.528. The number of benzene rings is 1. The van der Waals surface area contributed by atoms with E-state index in [9.17, 15) is 14.4 Å². The average molecular weight is 432 g/mol. The van der Waals surface area contributed by atoms with Crippen LogP contribution in [-0.4, -0.2) is 70.7 Å². The van der Waals surface area contributed by atoms with Crippen LogP contribution >= 0.6 is 11.6 Å². The van der Waals surface area contributed by atoms with Crippen LogP contribution < -0.4 is 0 Å². The van der Waals surface area contributed by atoms with Crippen LogP contribution in [0.25, 0.3) is 0 Å². The van der Waals surface area contributed by atoms with Crippen LogP contribution in [0, 0.1) is 5.92 Å². The molecular formula is C23H30ClN3O3. The maximum atomic E-state index is 13.5. The average Bonchev–Trinajstić information content (AvgIpc) is 3.17. The maximum Gasteiger partial charge on any atom is 0.254 e. The highest BCUT2D eigenvalue weighted by Crippen LogP contribution is 2.41. The van der Waals surface area contributed by atoms with Gasteiger partial charge in [-0.2, -0.15) is 0 Å². The number of fused-ring (bicyclic) bond motifs is 1.